The van der Waals surface area contributed by atoms with Crippen LogP contribution in [0.4, 0.5) is 4.39 Å². The molecule has 0 atom stereocenters. The average Bonchev–Trinajstić information content (AvgIpc) is 3.28. The lowest BCUT2D eigenvalue weighted by Gasteiger charge is -2.09. The molecular weight excluding hydrogens is 301 g/mol. The summed E-state index contributed by atoms with van der Waals surface area (Å²) in [6.07, 6.45) is 7.19. The van der Waals surface area contributed by atoms with Crippen LogP contribution >= 0.6 is 0 Å². The van der Waals surface area contributed by atoms with E-state index in [1.165, 1.54) is 18.9 Å². The number of fused-ring (bicyclic) bond motifs is 1. The molecule has 3 nitrogen and oxygen atoms in total. The largest absolute Gasteiger partial charge is 0.338 e. The fourth-order valence-corrected chi connectivity index (χ4v) is 3.21. The molecule has 0 spiro atoms. The summed E-state index contributed by atoms with van der Waals surface area (Å²) in [6.45, 7) is 0.496. The van der Waals surface area contributed by atoms with Crippen molar-refractivity contribution in [1.82, 2.24) is 4.57 Å². The van der Waals surface area contributed by atoms with E-state index < -0.39 is 0 Å². The van der Waals surface area contributed by atoms with Gasteiger partial charge in [0.1, 0.15) is 18.4 Å². The first-order chi connectivity index (χ1) is 11.6. The summed E-state index contributed by atoms with van der Waals surface area (Å²) in [5, 5.41) is 8.12. The minimum absolute atomic E-state index is 0.227. The van der Waals surface area contributed by atoms with Crippen LogP contribution in [0.15, 0.2) is 48.8 Å². The van der Waals surface area contributed by atoms with E-state index in [1.807, 2.05) is 49.8 Å². The van der Waals surface area contributed by atoms with Crippen LogP contribution in [-0.4, -0.2) is 10.3 Å². The van der Waals surface area contributed by atoms with Crippen molar-refractivity contribution < 1.29 is 8.96 Å². The van der Waals surface area contributed by atoms with E-state index >= 15 is 0 Å². The fourth-order valence-electron chi connectivity index (χ4n) is 3.21. The van der Waals surface area contributed by atoms with Gasteiger partial charge in [0, 0.05) is 29.6 Å². The highest BCUT2D eigenvalue weighted by molar-refractivity contribution is 5.98. The molecule has 0 saturated heterocycles. The SMILES string of the molecule is C[n+]1cccc2c1ccn2Cc1ccc(C(=N)CC2CC2)cc1F. The molecule has 3 aromatic rings. The van der Waals surface area contributed by atoms with Gasteiger partial charge >= 0.3 is 0 Å². The Morgan fingerprint density at radius 1 is 1.29 bits per heavy atom. The smallest absolute Gasteiger partial charge is 0.230 e. The monoisotopic (exact) mass is 322 g/mol. The highest BCUT2D eigenvalue weighted by Crippen LogP contribution is 2.33. The molecule has 1 aliphatic rings. The van der Waals surface area contributed by atoms with Crippen molar-refractivity contribution in [1.29, 1.82) is 5.41 Å². The first kappa shape index (κ1) is 15.1. The van der Waals surface area contributed by atoms with Gasteiger partial charge in [0.25, 0.3) is 0 Å². The maximum absolute atomic E-state index is 14.5. The van der Waals surface area contributed by atoms with Crippen molar-refractivity contribution >= 4 is 16.7 Å². The Morgan fingerprint density at radius 3 is 2.88 bits per heavy atom. The molecule has 1 aliphatic carbocycles. The average molecular weight is 322 g/mol. The molecule has 0 aliphatic heterocycles. The fraction of sp³-hybridized carbons (Fsp3) is 0.300. The van der Waals surface area contributed by atoms with Gasteiger partial charge in [-0.3, -0.25) is 0 Å². The molecule has 2 aromatic heterocycles. The molecule has 0 radical (unpaired) electrons. The van der Waals surface area contributed by atoms with E-state index in [4.69, 9.17) is 5.41 Å². The molecule has 122 valence electrons. The highest BCUT2D eigenvalue weighted by atomic mass is 19.1. The maximum Gasteiger partial charge on any atom is 0.230 e. The van der Waals surface area contributed by atoms with E-state index in [2.05, 4.69) is 9.13 Å². The van der Waals surface area contributed by atoms with Gasteiger partial charge < -0.3 is 9.98 Å². The van der Waals surface area contributed by atoms with Crippen LogP contribution in [0.1, 0.15) is 30.4 Å². The second-order valence-electron chi connectivity index (χ2n) is 6.77. The minimum atomic E-state index is -0.227. The number of benzene rings is 1. The number of hydrogen-bond donors (Lipinski definition) is 1. The standard InChI is InChI=1S/C20H21FN3/c1-23-9-2-3-20-19(23)8-10-24(20)13-16-7-6-15(12-17(16)21)18(22)11-14-4-5-14/h2-3,6-10,12,14,22H,4-5,11,13H2,1H3/q+1. The van der Waals surface area contributed by atoms with Crippen LogP contribution in [0.2, 0.25) is 0 Å². The Balaban J connectivity index is 1.59. The van der Waals surface area contributed by atoms with Crippen LogP contribution in [0.3, 0.4) is 0 Å². The molecule has 1 saturated carbocycles. The lowest BCUT2D eigenvalue weighted by atomic mass is 10.0. The van der Waals surface area contributed by atoms with Gasteiger partial charge in [-0.15, -0.1) is 0 Å². The predicted molar refractivity (Wildman–Crippen MR) is 92.8 cm³/mol. The second kappa shape index (κ2) is 5.86. The van der Waals surface area contributed by atoms with E-state index in [1.54, 1.807) is 0 Å². The summed E-state index contributed by atoms with van der Waals surface area (Å²) in [4.78, 5) is 0. The second-order valence-corrected chi connectivity index (χ2v) is 6.77. The third-order valence-corrected chi connectivity index (χ3v) is 4.86. The van der Waals surface area contributed by atoms with Gasteiger partial charge in [0.15, 0.2) is 6.20 Å². The van der Waals surface area contributed by atoms with Crippen LogP contribution in [-0.2, 0) is 13.6 Å². The third kappa shape index (κ3) is 2.84. The zero-order chi connectivity index (χ0) is 16.7. The Hall–Kier alpha value is -2.49. The van der Waals surface area contributed by atoms with Gasteiger partial charge in [-0.25, -0.2) is 4.39 Å². The van der Waals surface area contributed by atoms with Crippen molar-refractivity contribution in [2.45, 2.75) is 25.8 Å². The van der Waals surface area contributed by atoms with E-state index in [0.29, 0.717) is 29.3 Å². The van der Waals surface area contributed by atoms with E-state index in [9.17, 15) is 4.39 Å². The first-order valence-corrected chi connectivity index (χ1v) is 8.41. The van der Waals surface area contributed by atoms with Crippen molar-refractivity contribution in [2.24, 2.45) is 13.0 Å². The van der Waals surface area contributed by atoms with Crippen LogP contribution in [0.25, 0.3) is 11.0 Å². The topological polar surface area (TPSA) is 32.7 Å². The number of aromatic nitrogens is 2. The first-order valence-electron chi connectivity index (χ1n) is 8.41. The number of halogens is 1. The normalized spacial score (nSPS) is 14.2. The zero-order valence-electron chi connectivity index (χ0n) is 13.8. The highest BCUT2D eigenvalue weighted by Gasteiger charge is 2.23. The van der Waals surface area contributed by atoms with Crippen molar-refractivity contribution in [2.75, 3.05) is 0 Å². The predicted octanol–water partition coefficient (Wildman–Crippen LogP) is 3.82. The van der Waals surface area contributed by atoms with Crippen LogP contribution < -0.4 is 4.57 Å². The summed E-state index contributed by atoms with van der Waals surface area (Å²) in [7, 11) is 2.01. The number of nitrogens with zero attached hydrogens (tertiary/aromatic N) is 2. The summed E-state index contributed by atoms with van der Waals surface area (Å²) < 4.78 is 18.6. The quantitative estimate of drug-likeness (QED) is 0.547. The van der Waals surface area contributed by atoms with Crippen LogP contribution in [0.5, 0.6) is 0 Å². The number of nitrogens with one attached hydrogen (secondary N) is 1. The zero-order valence-corrected chi connectivity index (χ0v) is 13.8. The summed E-state index contributed by atoms with van der Waals surface area (Å²) in [5.41, 5.74) is 4.14. The van der Waals surface area contributed by atoms with Gasteiger partial charge in [0.2, 0.25) is 5.52 Å². The lowest BCUT2D eigenvalue weighted by Crippen LogP contribution is -2.27. The van der Waals surface area contributed by atoms with Crippen molar-refractivity contribution in [3.8, 4) is 0 Å². The van der Waals surface area contributed by atoms with E-state index in [0.717, 1.165) is 17.5 Å². The Kier molecular flexibility index (Phi) is 3.68. The molecule has 1 aromatic carbocycles. The summed E-state index contributed by atoms with van der Waals surface area (Å²) in [5.74, 6) is 0.419. The van der Waals surface area contributed by atoms with Gasteiger partial charge in [-0.05, 0) is 42.9 Å². The van der Waals surface area contributed by atoms with E-state index in [-0.39, 0.29) is 5.82 Å². The molecule has 2 heterocycles. The van der Waals surface area contributed by atoms with Crippen LogP contribution in [0, 0.1) is 17.1 Å². The molecular formula is C20H21FN3+. The van der Waals surface area contributed by atoms with Crippen molar-refractivity contribution in [3.63, 3.8) is 0 Å². The molecule has 0 bridgehead atoms. The molecule has 1 fully saturated rings. The Morgan fingerprint density at radius 2 is 2.12 bits per heavy atom. The number of rotatable bonds is 5. The molecule has 0 amide bonds. The molecule has 4 rings (SSSR count). The van der Waals surface area contributed by atoms with Crippen molar-refractivity contribution in [3.05, 3.63) is 65.7 Å². The number of hydrogen-bond acceptors (Lipinski definition) is 1. The maximum atomic E-state index is 14.5. The summed E-state index contributed by atoms with van der Waals surface area (Å²) in [6, 6.07) is 11.3. The number of pyridine rings is 1. The minimum Gasteiger partial charge on any atom is -0.338 e. The summed E-state index contributed by atoms with van der Waals surface area (Å²) >= 11 is 0. The lowest BCUT2D eigenvalue weighted by molar-refractivity contribution is -0.644. The Bertz CT molecular complexity index is 922. The third-order valence-electron chi connectivity index (χ3n) is 4.86. The molecule has 24 heavy (non-hydrogen) atoms. The molecule has 0 unspecified atom stereocenters. The van der Waals surface area contributed by atoms with Gasteiger partial charge in [-0.1, -0.05) is 12.1 Å². The number of aryl methyl sites for hydroxylation is 1. The molecule has 4 heteroatoms. The molecule has 1 N–H and O–H groups in total. The van der Waals surface area contributed by atoms with Gasteiger partial charge in [-0.2, -0.15) is 4.57 Å². The van der Waals surface area contributed by atoms with Gasteiger partial charge in [0.05, 0.1) is 6.54 Å². The Labute approximate surface area is 140 Å².